The van der Waals surface area contributed by atoms with Crippen molar-refractivity contribution in [1.29, 1.82) is 0 Å². The Bertz CT molecular complexity index is 437. The Morgan fingerprint density at radius 1 is 1.50 bits per heavy atom. The van der Waals surface area contributed by atoms with Gasteiger partial charge in [-0.15, -0.1) is 0 Å². The summed E-state index contributed by atoms with van der Waals surface area (Å²) in [6, 6.07) is 1.44. The first kappa shape index (κ1) is 13.6. The van der Waals surface area contributed by atoms with Crippen LogP contribution in [0.15, 0.2) is 10.5 Å². The molecule has 1 aliphatic heterocycles. The number of hydrogen-bond acceptors (Lipinski definition) is 4. The molecule has 100 valence electrons. The molecule has 0 unspecified atom stereocenters. The maximum absolute atomic E-state index is 14.0. The highest BCUT2D eigenvalue weighted by Crippen LogP contribution is 2.37. The SMILES string of the molecule is COc1cc(Br)c(F)c(CN2CCNCC2)c1O. The molecular weight excluding hydrogens is 303 g/mol. The summed E-state index contributed by atoms with van der Waals surface area (Å²) in [6.45, 7) is 3.83. The molecule has 0 aromatic heterocycles. The normalized spacial score (nSPS) is 16.8. The van der Waals surface area contributed by atoms with E-state index >= 15 is 0 Å². The van der Waals surface area contributed by atoms with Crippen LogP contribution in [0.1, 0.15) is 5.56 Å². The lowest BCUT2D eigenvalue weighted by Crippen LogP contribution is -2.43. The molecule has 18 heavy (non-hydrogen) atoms. The van der Waals surface area contributed by atoms with E-state index in [1.807, 2.05) is 0 Å². The molecule has 0 atom stereocenters. The van der Waals surface area contributed by atoms with Crippen molar-refractivity contribution in [1.82, 2.24) is 10.2 Å². The molecule has 0 amide bonds. The van der Waals surface area contributed by atoms with Crippen LogP contribution in [-0.4, -0.2) is 43.3 Å². The van der Waals surface area contributed by atoms with Gasteiger partial charge in [-0.3, -0.25) is 4.90 Å². The minimum Gasteiger partial charge on any atom is -0.504 e. The van der Waals surface area contributed by atoms with Crippen molar-refractivity contribution < 1.29 is 14.2 Å². The molecule has 2 rings (SSSR count). The number of phenolic OH excluding ortho intramolecular Hbond substituents is 1. The molecule has 2 N–H and O–H groups in total. The first-order valence-corrected chi connectivity index (χ1v) is 6.59. The first-order chi connectivity index (χ1) is 8.63. The third-order valence-electron chi connectivity index (χ3n) is 3.06. The zero-order valence-electron chi connectivity index (χ0n) is 10.2. The van der Waals surface area contributed by atoms with Gasteiger partial charge in [-0.1, -0.05) is 0 Å². The summed E-state index contributed by atoms with van der Waals surface area (Å²) in [4.78, 5) is 2.10. The fourth-order valence-corrected chi connectivity index (χ4v) is 2.48. The van der Waals surface area contributed by atoms with Crippen LogP contribution in [0.25, 0.3) is 0 Å². The third kappa shape index (κ3) is 2.76. The molecule has 0 bridgehead atoms. The molecule has 4 nitrogen and oxygen atoms in total. The Kier molecular flexibility index (Phi) is 4.42. The zero-order chi connectivity index (χ0) is 13.1. The van der Waals surface area contributed by atoms with Gasteiger partial charge in [0.1, 0.15) is 5.82 Å². The lowest BCUT2D eigenvalue weighted by atomic mass is 10.1. The predicted octanol–water partition coefficient (Wildman–Crippen LogP) is 1.71. The second kappa shape index (κ2) is 5.86. The second-order valence-electron chi connectivity index (χ2n) is 4.23. The molecule has 1 fully saturated rings. The van der Waals surface area contributed by atoms with Gasteiger partial charge in [0.2, 0.25) is 0 Å². The Hall–Kier alpha value is -0.850. The average molecular weight is 319 g/mol. The van der Waals surface area contributed by atoms with Crippen LogP contribution in [0.4, 0.5) is 4.39 Å². The molecule has 1 saturated heterocycles. The quantitative estimate of drug-likeness (QED) is 0.890. The number of phenols is 1. The van der Waals surface area contributed by atoms with Crippen LogP contribution in [0.3, 0.4) is 0 Å². The molecule has 1 aromatic carbocycles. The molecule has 0 aliphatic carbocycles. The minimum atomic E-state index is -0.424. The number of nitrogens with zero attached hydrogens (tertiary/aromatic N) is 1. The van der Waals surface area contributed by atoms with E-state index in [0.717, 1.165) is 26.2 Å². The van der Waals surface area contributed by atoms with Crippen LogP contribution in [0, 0.1) is 5.82 Å². The molecule has 0 spiro atoms. The number of nitrogens with one attached hydrogen (secondary N) is 1. The van der Waals surface area contributed by atoms with Gasteiger partial charge >= 0.3 is 0 Å². The van der Waals surface area contributed by atoms with Crippen molar-refractivity contribution in [3.63, 3.8) is 0 Å². The number of aromatic hydroxyl groups is 1. The van der Waals surface area contributed by atoms with Gasteiger partial charge < -0.3 is 15.2 Å². The van der Waals surface area contributed by atoms with Gasteiger partial charge in [-0.05, 0) is 15.9 Å². The van der Waals surface area contributed by atoms with E-state index < -0.39 is 5.82 Å². The Morgan fingerprint density at radius 3 is 2.78 bits per heavy atom. The van der Waals surface area contributed by atoms with E-state index in [1.54, 1.807) is 0 Å². The number of ether oxygens (including phenoxy) is 1. The highest BCUT2D eigenvalue weighted by Gasteiger charge is 2.20. The number of rotatable bonds is 3. The van der Waals surface area contributed by atoms with Crippen LogP contribution in [-0.2, 0) is 6.54 Å². The lowest BCUT2D eigenvalue weighted by Gasteiger charge is -2.27. The Balaban J connectivity index is 2.27. The third-order valence-corrected chi connectivity index (χ3v) is 3.64. The van der Waals surface area contributed by atoms with E-state index in [9.17, 15) is 9.50 Å². The van der Waals surface area contributed by atoms with Crippen molar-refractivity contribution in [2.75, 3.05) is 33.3 Å². The van der Waals surface area contributed by atoms with E-state index in [1.165, 1.54) is 13.2 Å². The van der Waals surface area contributed by atoms with E-state index in [2.05, 4.69) is 26.1 Å². The predicted molar refractivity (Wildman–Crippen MR) is 70.5 cm³/mol. The minimum absolute atomic E-state index is 0.114. The van der Waals surface area contributed by atoms with Crippen molar-refractivity contribution in [2.45, 2.75) is 6.54 Å². The molecule has 0 radical (unpaired) electrons. The topological polar surface area (TPSA) is 44.7 Å². The zero-order valence-corrected chi connectivity index (χ0v) is 11.8. The molecule has 6 heteroatoms. The van der Waals surface area contributed by atoms with Crippen LogP contribution in [0.2, 0.25) is 0 Å². The number of benzene rings is 1. The summed E-state index contributed by atoms with van der Waals surface area (Å²) < 4.78 is 19.4. The second-order valence-corrected chi connectivity index (χ2v) is 5.08. The standard InChI is InChI=1S/C12H16BrFN2O2/c1-18-10-6-9(13)11(14)8(12(10)17)7-16-4-2-15-3-5-16/h6,15,17H,2-5,7H2,1H3. The summed E-state index contributed by atoms with van der Waals surface area (Å²) in [7, 11) is 1.45. The first-order valence-electron chi connectivity index (χ1n) is 5.80. The average Bonchev–Trinajstić information content (AvgIpc) is 2.40. The van der Waals surface area contributed by atoms with Gasteiger partial charge in [0.25, 0.3) is 0 Å². The van der Waals surface area contributed by atoms with Crippen molar-refractivity contribution in [3.05, 3.63) is 21.9 Å². The van der Waals surface area contributed by atoms with Crippen molar-refractivity contribution in [2.24, 2.45) is 0 Å². The largest absolute Gasteiger partial charge is 0.504 e. The summed E-state index contributed by atoms with van der Waals surface area (Å²) in [5.74, 6) is -0.253. The lowest BCUT2D eigenvalue weighted by molar-refractivity contribution is 0.226. The Morgan fingerprint density at radius 2 is 2.17 bits per heavy atom. The smallest absolute Gasteiger partial charge is 0.165 e. The number of halogens is 2. The van der Waals surface area contributed by atoms with Gasteiger partial charge in [0.15, 0.2) is 11.5 Å². The molecule has 0 saturated carbocycles. The molecule has 1 aliphatic rings. The summed E-state index contributed by atoms with van der Waals surface area (Å²) in [5, 5.41) is 13.2. The molecular formula is C12H16BrFN2O2. The van der Waals surface area contributed by atoms with Crippen molar-refractivity contribution >= 4 is 15.9 Å². The molecule has 1 heterocycles. The van der Waals surface area contributed by atoms with Gasteiger partial charge in [-0.25, -0.2) is 4.39 Å². The van der Waals surface area contributed by atoms with E-state index in [0.29, 0.717) is 11.0 Å². The summed E-state index contributed by atoms with van der Waals surface area (Å²) in [6.07, 6.45) is 0. The highest BCUT2D eigenvalue weighted by molar-refractivity contribution is 9.10. The fraction of sp³-hybridized carbons (Fsp3) is 0.500. The summed E-state index contributed by atoms with van der Waals surface area (Å²) >= 11 is 3.14. The number of methoxy groups -OCH3 is 1. The van der Waals surface area contributed by atoms with Crippen LogP contribution in [0.5, 0.6) is 11.5 Å². The maximum Gasteiger partial charge on any atom is 0.165 e. The highest BCUT2D eigenvalue weighted by atomic mass is 79.9. The number of hydrogen-bond donors (Lipinski definition) is 2. The maximum atomic E-state index is 14.0. The summed E-state index contributed by atoms with van der Waals surface area (Å²) in [5.41, 5.74) is 0.281. The molecule has 1 aromatic rings. The Labute approximate surface area is 114 Å². The van der Waals surface area contributed by atoms with E-state index in [4.69, 9.17) is 4.74 Å². The van der Waals surface area contributed by atoms with Crippen LogP contribution >= 0.6 is 15.9 Å². The number of piperazine rings is 1. The van der Waals surface area contributed by atoms with Gasteiger partial charge in [-0.2, -0.15) is 0 Å². The van der Waals surface area contributed by atoms with Crippen molar-refractivity contribution in [3.8, 4) is 11.5 Å². The van der Waals surface area contributed by atoms with E-state index in [-0.39, 0.29) is 17.1 Å². The van der Waals surface area contributed by atoms with Gasteiger partial charge in [0, 0.05) is 44.4 Å². The van der Waals surface area contributed by atoms with Crippen LogP contribution < -0.4 is 10.1 Å². The van der Waals surface area contributed by atoms with Gasteiger partial charge in [0.05, 0.1) is 11.6 Å². The monoisotopic (exact) mass is 318 g/mol. The fourth-order valence-electron chi connectivity index (χ4n) is 2.04.